The lowest BCUT2D eigenvalue weighted by molar-refractivity contribution is 0.0979. The van der Waals surface area contributed by atoms with E-state index < -0.39 is 0 Å². The molecule has 0 aromatic heterocycles. The second-order valence-corrected chi connectivity index (χ2v) is 3.40. The molecular formula is C8H10O. The van der Waals surface area contributed by atoms with Gasteiger partial charge in [-0.05, 0) is 13.3 Å². The standard InChI is InChI=1S/C8H10O/c1-5-8(2-3-9-5)6-4-7(6)8/h4-6H,2-3H2,1H3/t5-,6?,8?/m1/s1. The molecular weight excluding hydrogens is 112 g/mol. The zero-order valence-corrected chi connectivity index (χ0v) is 5.55. The first-order chi connectivity index (χ1) is 4.36. The van der Waals surface area contributed by atoms with Crippen LogP contribution in [0.25, 0.3) is 0 Å². The number of allylic oxidation sites excluding steroid dienone is 1. The van der Waals surface area contributed by atoms with Gasteiger partial charge in [0.2, 0.25) is 0 Å². The molecule has 0 aromatic rings. The Labute approximate surface area is 54.7 Å². The molecule has 3 aliphatic rings. The Hall–Kier alpha value is -0.300. The lowest BCUT2D eigenvalue weighted by Crippen LogP contribution is -2.16. The molecule has 0 bridgehead atoms. The van der Waals surface area contributed by atoms with Gasteiger partial charge in [-0.15, -0.1) is 0 Å². The predicted molar refractivity (Wildman–Crippen MR) is 34.0 cm³/mol. The van der Waals surface area contributed by atoms with Crippen LogP contribution in [0.1, 0.15) is 13.3 Å². The van der Waals surface area contributed by atoms with Crippen molar-refractivity contribution < 1.29 is 4.74 Å². The number of hydrogen-bond donors (Lipinski definition) is 0. The molecule has 3 rings (SSSR count). The van der Waals surface area contributed by atoms with E-state index in [-0.39, 0.29) is 0 Å². The number of rotatable bonds is 0. The molecule has 0 radical (unpaired) electrons. The first kappa shape index (κ1) is 4.51. The van der Waals surface area contributed by atoms with Crippen molar-refractivity contribution in [1.29, 1.82) is 0 Å². The van der Waals surface area contributed by atoms with Crippen molar-refractivity contribution in [1.82, 2.24) is 0 Å². The van der Waals surface area contributed by atoms with E-state index in [9.17, 15) is 0 Å². The predicted octanol–water partition coefficient (Wildman–Crippen LogP) is 1.35. The molecule has 1 aliphatic heterocycles. The minimum atomic E-state index is 0.530. The van der Waals surface area contributed by atoms with E-state index >= 15 is 0 Å². The van der Waals surface area contributed by atoms with Crippen molar-refractivity contribution in [2.75, 3.05) is 6.61 Å². The van der Waals surface area contributed by atoms with Crippen molar-refractivity contribution in [2.45, 2.75) is 19.4 Å². The Morgan fingerprint density at radius 1 is 1.78 bits per heavy atom. The van der Waals surface area contributed by atoms with Crippen LogP contribution in [-0.4, -0.2) is 12.7 Å². The molecule has 2 fully saturated rings. The molecule has 1 nitrogen and oxygen atoms in total. The van der Waals surface area contributed by atoms with Gasteiger partial charge in [0, 0.05) is 17.9 Å². The first-order valence-corrected chi connectivity index (χ1v) is 3.69. The summed E-state index contributed by atoms with van der Waals surface area (Å²) >= 11 is 0. The molecule has 2 unspecified atom stereocenters. The van der Waals surface area contributed by atoms with Gasteiger partial charge in [-0.3, -0.25) is 0 Å². The Balaban J connectivity index is 1.99. The number of ether oxygens (including phenoxy) is 1. The molecule has 1 heteroatoms. The summed E-state index contributed by atoms with van der Waals surface area (Å²) in [5.41, 5.74) is 2.30. The van der Waals surface area contributed by atoms with Crippen LogP contribution in [0.4, 0.5) is 0 Å². The van der Waals surface area contributed by atoms with E-state index in [1.54, 1.807) is 5.57 Å². The Morgan fingerprint density at radius 3 is 2.78 bits per heavy atom. The summed E-state index contributed by atoms with van der Waals surface area (Å²) in [4.78, 5) is 0. The van der Waals surface area contributed by atoms with Crippen LogP contribution < -0.4 is 0 Å². The third kappa shape index (κ3) is 0.304. The maximum atomic E-state index is 5.49. The molecule has 1 saturated carbocycles. The van der Waals surface area contributed by atoms with Crippen LogP contribution in [-0.2, 0) is 4.74 Å². The van der Waals surface area contributed by atoms with Crippen molar-refractivity contribution in [3.63, 3.8) is 0 Å². The Kier molecular flexibility index (Phi) is 0.495. The topological polar surface area (TPSA) is 9.23 Å². The minimum absolute atomic E-state index is 0.530. The maximum absolute atomic E-state index is 5.49. The molecule has 2 aliphatic carbocycles. The zero-order valence-electron chi connectivity index (χ0n) is 5.55. The van der Waals surface area contributed by atoms with E-state index in [1.165, 1.54) is 6.42 Å². The van der Waals surface area contributed by atoms with Gasteiger partial charge < -0.3 is 4.74 Å². The summed E-state index contributed by atoms with van der Waals surface area (Å²) in [6, 6.07) is 0. The Bertz CT molecular complexity index is 207. The largest absolute Gasteiger partial charge is 0.378 e. The summed E-state index contributed by atoms with van der Waals surface area (Å²) in [6.07, 6.45) is 4.19. The first-order valence-electron chi connectivity index (χ1n) is 3.69. The number of fused-ring (bicyclic) bond motifs is 3. The normalized spacial score (nSPS) is 59.4. The molecule has 1 spiro atoms. The third-order valence-corrected chi connectivity index (χ3v) is 3.19. The molecule has 1 saturated heterocycles. The molecule has 1 heterocycles. The van der Waals surface area contributed by atoms with E-state index in [0.717, 1.165) is 12.5 Å². The van der Waals surface area contributed by atoms with Crippen LogP contribution in [0.3, 0.4) is 0 Å². The average Bonchev–Trinajstić information content (AvgIpc) is 2.65. The second kappa shape index (κ2) is 0.988. The molecule has 0 amide bonds. The van der Waals surface area contributed by atoms with E-state index in [0.29, 0.717) is 11.5 Å². The van der Waals surface area contributed by atoms with Crippen LogP contribution in [0.15, 0.2) is 11.6 Å². The monoisotopic (exact) mass is 122 g/mol. The summed E-state index contributed by atoms with van der Waals surface area (Å²) in [5, 5.41) is 0. The van der Waals surface area contributed by atoms with Crippen LogP contribution >= 0.6 is 0 Å². The SMILES string of the molecule is C[C@H]1OCCC12C1=CC12. The lowest BCUT2D eigenvalue weighted by atomic mass is 9.92. The van der Waals surface area contributed by atoms with Crippen LogP contribution in [0.2, 0.25) is 0 Å². The highest BCUT2D eigenvalue weighted by molar-refractivity contribution is 5.59. The van der Waals surface area contributed by atoms with Crippen molar-refractivity contribution >= 4 is 0 Å². The van der Waals surface area contributed by atoms with Gasteiger partial charge in [0.1, 0.15) is 0 Å². The molecule has 48 valence electrons. The van der Waals surface area contributed by atoms with E-state index in [4.69, 9.17) is 4.74 Å². The molecule has 0 N–H and O–H groups in total. The lowest BCUT2D eigenvalue weighted by Gasteiger charge is -2.14. The fraction of sp³-hybridized carbons (Fsp3) is 0.750. The quantitative estimate of drug-likeness (QED) is 0.441. The van der Waals surface area contributed by atoms with Gasteiger partial charge in [-0.1, -0.05) is 11.6 Å². The highest BCUT2D eigenvalue weighted by Crippen LogP contribution is 2.76. The van der Waals surface area contributed by atoms with Crippen LogP contribution in [0, 0.1) is 11.3 Å². The van der Waals surface area contributed by atoms with E-state index in [1.807, 2.05) is 0 Å². The van der Waals surface area contributed by atoms with Gasteiger partial charge in [0.25, 0.3) is 0 Å². The van der Waals surface area contributed by atoms with E-state index in [2.05, 4.69) is 13.0 Å². The second-order valence-electron chi connectivity index (χ2n) is 3.40. The van der Waals surface area contributed by atoms with Gasteiger partial charge >= 0.3 is 0 Å². The highest BCUT2D eigenvalue weighted by Gasteiger charge is 2.71. The fourth-order valence-electron chi connectivity index (χ4n) is 2.33. The molecule has 3 atom stereocenters. The van der Waals surface area contributed by atoms with Gasteiger partial charge in [-0.2, -0.15) is 0 Å². The van der Waals surface area contributed by atoms with Gasteiger partial charge in [0.15, 0.2) is 0 Å². The maximum Gasteiger partial charge on any atom is 0.0650 e. The Morgan fingerprint density at radius 2 is 2.56 bits per heavy atom. The van der Waals surface area contributed by atoms with Crippen molar-refractivity contribution in [2.24, 2.45) is 11.3 Å². The summed E-state index contributed by atoms with van der Waals surface area (Å²) < 4.78 is 5.49. The smallest absolute Gasteiger partial charge is 0.0650 e. The fourth-order valence-corrected chi connectivity index (χ4v) is 2.33. The van der Waals surface area contributed by atoms with Crippen molar-refractivity contribution in [3.05, 3.63) is 11.6 Å². The summed E-state index contributed by atoms with van der Waals surface area (Å²) in [7, 11) is 0. The molecule has 9 heavy (non-hydrogen) atoms. The van der Waals surface area contributed by atoms with Crippen molar-refractivity contribution in [3.8, 4) is 0 Å². The molecule has 0 aromatic carbocycles. The average molecular weight is 122 g/mol. The summed E-state index contributed by atoms with van der Waals surface area (Å²) in [6.45, 7) is 3.20. The summed E-state index contributed by atoms with van der Waals surface area (Å²) in [5.74, 6) is 0.898. The highest BCUT2D eigenvalue weighted by atomic mass is 16.5. The zero-order chi connectivity index (χ0) is 6.06. The van der Waals surface area contributed by atoms with Gasteiger partial charge in [0.05, 0.1) is 6.10 Å². The third-order valence-electron chi connectivity index (χ3n) is 3.19. The minimum Gasteiger partial charge on any atom is -0.378 e. The van der Waals surface area contributed by atoms with Gasteiger partial charge in [-0.25, -0.2) is 0 Å². The number of hydrogen-bond acceptors (Lipinski definition) is 1. The van der Waals surface area contributed by atoms with Crippen LogP contribution in [0.5, 0.6) is 0 Å².